The normalized spacial score (nSPS) is 30.1. The Morgan fingerprint density at radius 3 is 2.42 bits per heavy atom. The third-order valence-electron chi connectivity index (χ3n) is 2.86. The number of hydrogen-bond acceptors (Lipinski definition) is 2. The molecule has 1 aliphatic rings. The molecule has 1 saturated carbocycles. The fourth-order valence-corrected chi connectivity index (χ4v) is 1.91. The van der Waals surface area contributed by atoms with E-state index in [1.807, 2.05) is 0 Å². The summed E-state index contributed by atoms with van der Waals surface area (Å²) in [5, 5.41) is 10.1. The van der Waals surface area contributed by atoms with Crippen LogP contribution in [0.25, 0.3) is 0 Å². The summed E-state index contributed by atoms with van der Waals surface area (Å²) in [7, 11) is 0. The number of hydrogen-bond donors (Lipinski definition) is 0. The fraction of sp³-hybridized carbons (Fsp3) is 1.00. The van der Waals surface area contributed by atoms with Crippen molar-refractivity contribution in [3.63, 3.8) is 0 Å². The zero-order chi connectivity index (χ0) is 8.97. The minimum absolute atomic E-state index is 0.166. The highest BCUT2D eigenvalue weighted by molar-refractivity contribution is 4.69. The molecule has 0 saturated heterocycles. The first-order valence-electron chi connectivity index (χ1n) is 4.80. The second-order valence-corrected chi connectivity index (χ2v) is 3.97. The zero-order valence-corrected chi connectivity index (χ0v) is 7.66. The van der Waals surface area contributed by atoms with Gasteiger partial charge in [0.1, 0.15) is 0 Å². The Hall–Kier alpha value is -0.600. The molecule has 0 bridgehead atoms. The van der Waals surface area contributed by atoms with Gasteiger partial charge in [0, 0.05) is 11.3 Å². The van der Waals surface area contributed by atoms with Crippen molar-refractivity contribution in [2.24, 2.45) is 11.8 Å². The van der Waals surface area contributed by atoms with E-state index in [4.69, 9.17) is 0 Å². The number of nitrogens with zero attached hydrogens (tertiary/aromatic N) is 1. The molecule has 0 amide bonds. The number of rotatable bonds is 3. The molecule has 0 aliphatic heterocycles. The van der Waals surface area contributed by atoms with E-state index in [9.17, 15) is 10.1 Å². The highest BCUT2D eigenvalue weighted by atomic mass is 16.6. The molecule has 0 N–H and O–H groups in total. The van der Waals surface area contributed by atoms with Crippen molar-refractivity contribution in [1.29, 1.82) is 0 Å². The largest absolute Gasteiger partial charge is 0.265 e. The molecule has 1 fully saturated rings. The van der Waals surface area contributed by atoms with Gasteiger partial charge < -0.3 is 0 Å². The predicted octanol–water partition coefficient (Wildman–Crippen LogP) is 2.48. The van der Waals surface area contributed by atoms with Crippen molar-refractivity contribution in [1.82, 2.24) is 0 Å². The molecule has 0 radical (unpaired) electrons. The van der Waals surface area contributed by atoms with Crippen LogP contribution in [0.3, 0.4) is 0 Å². The molecule has 0 aromatic rings. The smallest absolute Gasteiger partial charge is 0.204 e. The van der Waals surface area contributed by atoms with Crippen LogP contribution < -0.4 is 0 Å². The Kier molecular flexibility index (Phi) is 3.50. The van der Waals surface area contributed by atoms with Crippen LogP contribution in [0.2, 0.25) is 0 Å². The van der Waals surface area contributed by atoms with E-state index in [-0.39, 0.29) is 11.5 Å². The lowest BCUT2D eigenvalue weighted by atomic mass is 9.81. The average Bonchev–Trinajstić information content (AvgIpc) is 2.03. The van der Waals surface area contributed by atoms with Crippen LogP contribution >= 0.6 is 0 Å². The second kappa shape index (κ2) is 4.43. The lowest BCUT2D eigenvalue weighted by Crippen LogP contribution is -2.15. The predicted molar refractivity (Wildman–Crippen MR) is 47.6 cm³/mol. The van der Waals surface area contributed by atoms with Crippen molar-refractivity contribution >= 4 is 0 Å². The first kappa shape index (κ1) is 9.49. The zero-order valence-electron chi connectivity index (χ0n) is 7.66. The topological polar surface area (TPSA) is 43.1 Å². The molecule has 0 aromatic heterocycles. The summed E-state index contributed by atoms with van der Waals surface area (Å²) in [5.41, 5.74) is 0. The van der Waals surface area contributed by atoms with Crippen LogP contribution in [0.15, 0.2) is 0 Å². The van der Waals surface area contributed by atoms with Gasteiger partial charge in [-0.15, -0.1) is 0 Å². The summed E-state index contributed by atoms with van der Waals surface area (Å²) in [6, 6.07) is 0. The summed E-state index contributed by atoms with van der Waals surface area (Å²) < 4.78 is 0. The summed E-state index contributed by atoms with van der Waals surface area (Å²) >= 11 is 0. The van der Waals surface area contributed by atoms with Crippen molar-refractivity contribution in [3.8, 4) is 0 Å². The first-order chi connectivity index (χ1) is 5.68. The van der Waals surface area contributed by atoms with Crippen LogP contribution in [0, 0.1) is 22.0 Å². The molecule has 0 aromatic carbocycles. The molecule has 3 heteroatoms. The molecule has 0 heterocycles. The first-order valence-corrected chi connectivity index (χ1v) is 4.80. The van der Waals surface area contributed by atoms with Crippen molar-refractivity contribution in [2.75, 3.05) is 6.54 Å². The van der Waals surface area contributed by atoms with E-state index in [0.717, 1.165) is 12.3 Å². The molecule has 1 rings (SSSR count). The SMILES string of the molecule is CC1CCC(CC[N+](=O)[O-])CC1. The third kappa shape index (κ3) is 3.20. The average molecular weight is 171 g/mol. The highest BCUT2D eigenvalue weighted by Crippen LogP contribution is 2.29. The quantitative estimate of drug-likeness (QED) is 0.483. The highest BCUT2D eigenvalue weighted by Gasteiger charge is 2.19. The maximum absolute atomic E-state index is 10.1. The molecule has 0 atom stereocenters. The van der Waals surface area contributed by atoms with Gasteiger partial charge in [0.25, 0.3) is 0 Å². The van der Waals surface area contributed by atoms with Gasteiger partial charge in [0.2, 0.25) is 6.54 Å². The molecule has 12 heavy (non-hydrogen) atoms. The summed E-state index contributed by atoms with van der Waals surface area (Å²) in [6.45, 7) is 2.43. The van der Waals surface area contributed by atoms with Crippen LogP contribution in [0.5, 0.6) is 0 Å². The van der Waals surface area contributed by atoms with Gasteiger partial charge in [-0.25, -0.2) is 0 Å². The molecule has 0 unspecified atom stereocenters. The Morgan fingerprint density at radius 2 is 1.92 bits per heavy atom. The van der Waals surface area contributed by atoms with Crippen LogP contribution in [-0.4, -0.2) is 11.5 Å². The monoisotopic (exact) mass is 171 g/mol. The van der Waals surface area contributed by atoms with Gasteiger partial charge >= 0.3 is 0 Å². The van der Waals surface area contributed by atoms with E-state index in [2.05, 4.69) is 6.92 Å². The second-order valence-electron chi connectivity index (χ2n) is 3.97. The summed E-state index contributed by atoms with van der Waals surface area (Å²) in [6.07, 6.45) is 5.73. The summed E-state index contributed by atoms with van der Waals surface area (Å²) in [5.74, 6) is 1.48. The minimum Gasteiger partial charge on any atom is -0.265 e. The molecular formula is C9H17NO2. The maximum atomic E-state index is 10.1. The van der Waals surface area contributed by atoms with Crippen LogP contribution in [-0.2, 0) is 0 Å². The van der Waals surface area contributed by atoms with E-state index < -0.39 is 0 Å². The Labute approximate surface area is 73.3 Å². The van der Waals surface area contributed by atoms with Gasteiger partial charge in [-0.2, -0.15) is 0 Å². The number of nitro groups is 1. The van der Waals surface area contributed by atoms with E-state index in [0.29, 0.717) is 5.92 Å². The summed E-state index contributed by atoms with van der Waals surface area (Å²) in [4.78, 5) is 9.92. The van der Waals surface area contributed by atoms with Crippen molar-refractivity contribution in [2.45, 2.75) is 39.0 Å². The van der Waals surface area contributed by atoms with E-state index in [1.165, 1.54) is 25.7 Å². The Bertz CT molecular complexity index is 151. The molecule has 70 valence electrons. The van der Waals surface area contributed by atoms with E-state index in [1.54, 1.807) is 0 Å². The molecule has 3 nitrogen and oxygen atoms in total. The lowest BCUT2D eigenvalue weighted by Gasteiger charge is -2.24. The molecular weight excluding hydrogens is 154 g/mol. The molecule has 1 aliphatic carbocycles. The van der Waals surface area contributed by atoms with Crippen molar-refractivity contribution in [3.05, 3.63) is 10.1 Å². The van der Waals surface area contributed by atoms with E-state index >= 15 is 0 Å². The third-order valence-corrected chi connectivity index (χ3v) is 2.86. The lowest BCUT2D eigenvalue weighted by molar-refractivity contribution is -0.481. The van der Waals surface area contributed by atoms with Gasteiger partial charge in [-0.1, -0.05) is 19.8 Å². The maximum Gasteiger partial charge on any atom is 0.204 e. The Morgan fingerprint density at radius 1 is 1.33 bits per heavy atom. The standard InChI is InChI=1S/C9H17NO2/c1-8-2-4-9(5-3-8)6-7-10(11)12/h8-9H,2-7H2,1H3. The molecule has 0 spiro atoms. The van der Waals surface area contributed by atoms with Crippen molar-refractivity contribution < 1.29 is 4.92 Å². The van der Waals surface area contributed by atoms with Gasteiger partial charge in [0.15, 0.2) is 0 Å². The minimum atomic E-state index is -0.196. The van der Waals surface area contributed by atoms with Gasteiger partial charge in [-0.3, -0.25) is 10.1 Å². The van der Waals surface area contributed by atoms with Crippen LogP contribution in [0.1, 0.15) is 39.0 Å². The fourth-order valence-electron chi connectivity index (χ4n) is 1.91. The van der Waals surface area contributed by atoms with Gasteiger partial charge in [0.05, 0.1) is 0 Å². The van der Waals surface area contributed by atoms with Gasteiger partial charge in [-0.05, 0) is 24.7 Å². The van der Waals surface area contributed by atoms with Crippen LogP contribution in [0.4, 0.5) is 0 Å². The Balaban J connectivity index is 2.13.